The molecule has 0 radical (unpaired) electrons. The molecular formula is C15H35NO3Si. The summed E-state index contributed by atoms with van der Waals surface area (Å²) in [6.07, 6.45) is 0.981. The van der Waals surface area contributed by atoms with E-state index in [-0.39, 0.29) is 5.04 Å². The predicted octanol–water partition coefficient (Wildman–Crippen LogP) is 3.52. The standard InChI is InChI=1S/C15H35NO3Si/c1-8-17-15(18-9-2,19-10-3)20(7,13-11-12-16)14(4,5)6/h8-13,16H2,1-7H3. The monoisotopic (exact) mass is 305 g/mol. The van der Waals surface area contributed by atoms with Crippen LogP contribution in [0.2, 0.25) is 17.6 Å². The molecule has 5 heteroatoms. The summed E-state index contributed by atoms with van der Waals surface area (Å²) < 4.78 is 18.2. The second kappa shape index (κ2) is 8.49. The number of hydrogen-bond donors (Lipinski definition) is 1. The van der Waals surface area contributed by atoms with Gasteiger partial charge in [0.05, 0.1) is 0 Å². The lowest BCUT2D eigenvalue weighted by molar-refractivity contribution is -0.330. The molecule has 0 heterocycles. The zero-order valence-electron chi connectivity index (χ0n) is 14.5. The van der Waals surface area contributed by atoms with Crippen LogP contribution >= 0.6 is 0 Å². The fraction of sp³-hybridized carbons (Fsp3) is 1.00. The predicted molar refractivity (Wildman–Crippen MR) is 87.4 cm³/mol. The fourth-order valence-electron chi connectivity index (χ4n) is 2.62. The van der Waals surface area contributed by atoms with Crippen molar-refractivity contribution in [3.05, 3.63) is 0 Å². The van der Waals surface area contributed by atoms with Gasteiger partial charge in [-0.05, 0) is 44.8 Å². The number of rotatable bonds is 10. The summed E-state index contributed by atoms with van der Waals surface area (Å²) in [6, 6.07) is 1.03. The first kappa shape index (κ1) is 20.1. The van der Waals surface area contributed by atoms with Crippen molar-refractivity contribution in [1.29, 1.82) is 0 Å². The van der Waals surface area contributed by atoms with Crippen molar-refractivity contribution in [2.75, 3.05) is 26.4 Å². The van der Waals surface area contributed by atoms with E-state index in [1.807, 2.05) is 20.8 Å². The third-order valence-corrected chi connectivity index (χ3v) is 10.7. The highest BCUT2D eigenvalue weighted by Gasteiger charge is 2.59. The van der Waals surface area contributed by atoms with Crippen LogP contribution in [-0.4, -0.2) is 40.0 Å². The lowest BCUT2D eigenvalue weighted by atomic mass is 10.2. The Morgan fingerprint density at radius 1 is 0.900 bits per heavy atom. The number of nitrogens with two attached hydrogens (primary N) is 1. The highest BCUT2D eigenvalue weighted by atomic mass is 28.3. The molecule has 20 heavy (non-hydrogen) atoms. The molecule has 0 amide bonds. The summed E-state index contributed by atoms with van der Waals surface area (Å²) >= 11 is 0. The van der Waals surface area contributed by atoms with Crippen LogP contribution in [0.4, 0.5) is 0 Å². The lowest BCUT2D eigenvalue weighted by Crippen LogP contribution is -2.66. The summed E-state index contributed by atoms with van der Waals surface area (Å²) in [5.74, 6) is 0. The Bertz CT molecular complexity index is 251. The Balaban J connectivity index is 5.69. The first-order chi connectivity index (χ1) is 9.24. The molecule has 122 valence electrons. The topological polar surface area (TPSA) is 53.7 Å². The Morgan fingerprint density at radius 2 is 1.30 bits per heavy atom. The van der Waals surface area contributed by atoms with Gasteiger partial charge in [0.2, 0.25) is 0 Å². The highest BCUT2D eigenvalue weighted by molar-refractivity contribution is 6.83. The molecule has 1 atom stereocenters. The Morgan fingerprint density at radius 3 is 1.55 bits per heavy atom. The third-order valence-electron chi connectivity index (χ3n) is 4.22. The lowest BCUT2D eigenvalue weighted by Gasteiger charge is -2.51. The number of hydrogen-bond acceptors (Lipinski definition) is 4. The van der Waals surface area contributed by atoms with Gasteiger partial charge in [-0.3, -0.25) is 0 Å². The van der Waals surface area contributed by atoms with Gasteiger partial charge < -0.3 is 19.9 Å². The van der Waals surface area contributed by atoms with Gasteiger partial charge in [-0.1, -0.05) is 27.3 Å². The maximum Gasteiger partial charge on any atom is 0.256 e. The van der Waals surface area contributed by atoms with E-state index in [1.165, 1.54) is 0 Å². The van der Waals surface area contributed by atoms with Crippen molar-refractivity contribution < 1.29 is 14.2 Å². The Hall–Kier alpha value is 0.0569. The Labute approximate surface area is 126 Å². The van der Waals surface area contributed by atoms with Crippen LogP contribution in [0.25, 0.3) is 0 Å². The smallest absolute Gasteiger partial charge is 0.256 e. The molecule has 0 saturated carbocycles. The fourth-order valence-corrected chi connectivity index (χ4v) is 6.89. The van der Waals surface area contributed by atoms with Crippen molar-refractivity contribution in [2.24, 2.45) is 5.73 Å². The van der Waals surface area contributed by atoms with Crippen molar-refractivity contribution in [3.63, 3.8) is 0 Å². The third kappa shape index (κ3) is 4.27. The van der Waals surface area contributed by atoms with E-state index in [0.717, 1.165) is 12.5 Å². The molecule has 0 aliphatic heterocycles. The van der Waals surface area contributed by atoms with Gasteiger partial charge in [-0.2, -0.15) is 0 Å². The molecule has 2 N–H and O–H groups in total. The van der Waals surface area contributed by atoms with E-state index < -0.39 is 13.7 Å². The zero-order chi connectivity index (χ0) is 15.9. The molecular weight excluding hydrogens is 270 g/mol. The molecule has 0 aromatic carbocycles. The van der Waals surface area contributed by atoms with Gasteiger partial charge in [0.1, 0.15) is 0 Å². The summed E-state index contributed by atoms with van der Waals surface area (Å²) in [5, 5.41) is 0.0989. The van der Waals surface area contributed by atoms with Crippen molar-refractivity contribution in [3.8, 4) is 0 Å². The summed E-state index contributed by atoms with van der Waals surface area (Å²) in [6.45, 7) is 17.5. The summed E-state index contributed by atoms with van der Waals surface area (Å²) in [4.78, 5) is 0. The second-order valence-electron chi connectivity index (χ2n) is 6.33. The molecule has 0 rings (SSSR count). The quantitative estimate of drug-likeness (QED) is 0.495. The first-order valence-corrected chi connectivity index (χ1v) is 10.6. The Kier molecular flexibility index (Phi) is 8.51. The van der Waals surface area contributed by atoms with Crippen molar-refractivity contribution in [2.45, 2.75) is 71.2 Å². The van der Waals surface area contributed by atoms with E-state index in [9.17, 15) is 0 Å². The maximum atomic E-state index is 6.08. The minimum atomic E-state index is -2.06. The average Bonchev–Trinajstić information content (AvgIpc) is 2.35. The average molecular weight is 306 g/mol. The minimum Gasteiger partial charge on any atom is -0.332 e. The molecule has 0 aromatic rings. The van der Waals surface area contributed by atoms with E-state index in [2.05, 4.69) is 27.3 Å². The van der Waals surface area contributed by atoms with E-state index in [0.29, 0.717) is 26.4 Å². The molecule has 1 unspecified atom stereocenters. The van der Waals surface area contributed by atoms with Crippen LogP contribution in [0.3, 0.4) is 0 Å². The van der Waals surface area contributed by atoms with E-state index in [4.69, 9.17) is 19.9 Å². The molecule has 0 fully saturated rings. The second-order valence-corrected chi connectivity index (χ2v) is 11.6. The van der Waals surface area contributed by atoms with Gasteiger partial charge in [-0.15, -0.1) is 0 Å². The molecule has 4 nitrogen and oxygen atoms in total. The van der Waals surface area contributed by atoms with Gasteiger partial charge in [-0.25, -0.2) is 0 Å². The molecule has 0 spiro atoms. The molecule has 0 aromatic heterocycles. The zero-order valence-corrected chi connectivity index (χ0v) is 15.5. The summed E-state index contributed by atoms with van der Waals surface area (Å²) in [7, 11) is -2.06. The molecule has 0 aliphatic rings. The molecule has 0 bridgehead atoms. The van der Waals surface area contributed by atoms with E-state index in [1.54, 1.807) is 0 Å². The van der Waals surface area contributed by atoms with Crippen LogP contribution in [-0.2, 0) is 14.2 Å². The molecule has 0 aliphatic carbocycles. The van der Waals surface area contributed by atoms with Crippen molar-refractivity contribution >= 4 is 8.07 Å². The van der Waals surface area contributed by atoms with Crippen LogP contribution in [0.15, 0.2) is 0 Å². The van der Waals surface area contributed by atoms with Gasteiger partial charge in [0, 0.05) is 19.8 Å². The van der Waals surface area contributed by atoms with Gasteiger partial charge >= 0.3 is 0 Å². The molecule has 0 saturated heterocycles. The van der Waals surface area contributed by atoms with Crippen LogP contribution < -0.4 is 5.73 Å². The number of ether oxygens (including phenoxy) is 3. The van der Waals surface area contributed by atoms with Crippen molar-refractivity contribution in [1.82, 2.24) is 0 Å². The van der Waals surface area contributed by atoms with Gasteiger partial charge in [0.25, 0.3) is 5.60 Å². The van der Waals surface area contributed by atoms with Crippen LogP contribution in [0, 0.1) is 0 Å². The highest BCUT2D eigenvalue weighted by Crippen LogP contribution is 2.48. The van der Waals surface area contributed by atoms with Crippen LogP contribution in [0.1, 0.15) is 48.0 Å². The van der Waals surface area contributed by atoms with Gasteiger partial charge in [0.15, 0.2) is 8.07 Å². The minimum absolute atomic E-state index is 0.0989. The summed E-state index contributed by atoms with van der Waals surface area (Å²) in [5.41, 5.74) is 4.87. The SMILES string of the molecule is CCOC(OCC)(OCC)[Si](C)(CCCN)C(C)(C)C. The normalized spacial score (nSPS) is 16.2. The maximum absolute atomic E-state index is 6.08. The largest absolute Gasteiger partial charge is 0.332 e. The van der Waals surface area contributed by atoms with Crippen LogP contribution in [0.5, 0.6) is 0 Å². The first-order valence-electron chi connectivity index (χ1n) is 7.86. The van der Waals surface area contributed by atoms with E-state index >= 15 is 0 Å².